The fraction of sp³-hybridized carbons (Fsp3) is 0.647. The maximum Gasteiger partial charge on any atom is 0.123 e. The van der Waals surface area contributed by atoms with Crippen molar-refractivity contribution < 1.29 is 4.74 Å². The minimum atomic E-state index is 0.0206. The molecule has 0 amide bonds. The Morgan fingerprint density at radius 2 is 1.89 bits per heavy atom. The van der Waals surface area contributed by atoms with Crippen LogP contribution >= 0.6 is 11.6 Å². The van der Waals surface area contributed by atoms with Gasteiger partial charge in [0.15, 0.2) is 0 Å². The van der Waals surface area contributed by atoms with Gasteiger partial charge in [-0.25, -0.2) is 0 Å². The van der Waals surface area contributed by atoms with Crippen LogP contribution in [0.1, 0.15) is 57.0 Å². The summed E-state index contributed by atoms with van der Waals surface area (Å²) < 4.78 is 5.42. The molecule has 0 saturated carbocycles. The van der Waals surface area contributed by atoms with E-state index in [2.05, 4.69) is 46.8 Å². The molecule has 2 heteroatoms. The lowest BCUT2D eigenvalue weighted by Gasteiger charge is -2.25. The number of aryl methyl sites for hydroxylation is 1. The van der Waals surface area contributed by atoms with Crippen LogP contribution in [0.3, 0.4) is 0 Å². The number of halogens is 1. The van der Waals surface area contributed by atoms with E-state index in [1.165, 1.54) is 12.0 Å². The normalized spacial score (nSPS) is 15.1. The first kappa shape index (κ1) is 16.4. The molecule has 0 aromatic heterocycles. The van der Waals surface area contributed by atoms with Gasteiger partial charge in [-0.05, 0) is 37.2 Å². The number of hydrogen-bond acceptors (Lipinski definition) is 1. The number of methoxy groups -OCH3 is 1. The third kappa shape index (κ3) is 5.44. The van der Waals surface area contributed by atoms with Crippen molar-refractivity contribution in [3.05, 3.63) is 29.3 Å². The molecular weight excluding hydrogens is 256 g/mol. The molecule has 0 saturated heterocycles. The van der Waals surface area contributed by atoms with Crippen molar-refractivity contribution in [2.45, 2.75) is 52.8 Å². The molecule has 0 aliphatic carbocycles. The fourth-order valence-electron chi connectivity index (χ4n) is 2.71. The van der Waals surface area contributed by atoms with Gasteiger partial charge in [0, 0.05) is 5.56 Å². The molecule has 19 heavy (non-hydrogen) atoms. The topological polar surface area (TPSA) is 9.23 Å². The molecule has 0 fully saturated rings. The van der Waals surface area contributed by atoms with Gasteiger partial charge in [0.05, 0.1) is 12.5 Å². The van der Waals surface area contributed by atoms with Crippen molar-refractivity contribution in [1.29, 1.82) is 0 Å². The van der Waals surface area contributed by atoms with Gasteiger partial charge in [0.2, 0.25) is 0 Å². The van der Waals surface area contributed by atoms with Gasteiger partial charge in [-0.2, -0.15) is 0 Å². The second-order valence-corrected chi connectivity index (χ2v) is 7.35. The van der Waals surface area contributed by atoms with Gasteiger partial charge in [-0.15, -0.1) is 11.6 Å². The molecular formula is C17H27ClO. The number of ether oxygens (including phenoxy) is 1. The van der Waals surface area contributed by atoms with Gasteiger partial charge >= 0.3 is 0 Å². The van der Waals surface area contributed by atoms with Crippen molar-refractivity contribution in [3.8, 4) is 5.75 Å². The highest BCUT2D eigenvalue weighted by atomic mass is 35.5. The van der Waals surface area contributed by atoms with Crippen LogP contribution in [0.15, 0.2) is 18.2 Å². The van der Waals surface area contributed by atoms with Gasteiger partial charge in [0.1, 0.15) is 5.75 Å². The van der Waals surface area contributed by atoms with Crippen LogP contribution in [-0.2, 0) is 0 Å². The van der Waals surface area contributed by atoms with Gasteiger partial charge in [-0.1, -0.05) is 45.4 Å². The van der Waals surface area contributed by atoms with Crippen LogP contribution in [0.5, 0.6) is 5.75 Å². The summed E-state index contributed by atoms with van der Waals surface area (Å²) in [6.45, 7) is 11.2. The minimum Gasteiger partial charge on any atom is -0.496 e. The summed E-state index contributed by atoms with van der Waals surface area (Å²) in [5.74, 6) is 1.50. The van der Waals surface area contributed by atoms with Crippen molar-refractivity contribution in [3.63, 3.8) is 0 Å². The maximum atomic E-state index is 6.61. The highest BCUT2D eigenvalue weighted by Crippen LogP contribution is 2.37. The monoisotopic (exact) mass is 282 g/mol. The van der Waals surface area contributed by atoms with Gasteiger partial charge in [0.25, 0.3) is 0 Å². The van der Waals surface area contributed by atoms with Crippen LogP contribution < -0.4 is 4.74 Å². The van der Waals surface area contributed by atoms with Crippen LogP contribution in [0.2, 0.25) is 0 Å². The number of benzene rings is 1. The molecule has 0 bridgehead atoms. The zero-order chi connectivity index (χ0) is 14.6. The standard InChI is InChI=1S/C17H27ClO/c1-12-7-8-16(19-6)14(9-12)15(18)10-13(2)11-17(3,4)5/h7-9,13,15H,10-11H2,1-6H3. The third-order valence-electron chi connectivity index (χ3n) is 3.29. The molecule has 1 rings (SSSR count). The lowest BCUT2D eigenvalue weighted by molar-refractivity contribution is 0.294. The zero-order valence-corrected chi connectivity index (χ0v) is 13.8. The summed E-state index contributed by atoms with van der Waals surface area (Å²) in [5.41, 5.74) is 2.70. The summed E-state index contributed by atoms with van der Waals surface area (Å²) >= 11 is 6.61. The molecule has 0 radical (unpaired) electrons. The Bertz CT molecular complexity index is 406. The van der Waals surface area contributed by atoms with E-state index in [1.54, 1.807) is 7.11 Å². The largest absolute Gasteiger partial charge is 0.496 e. The molecule has 1 aromatic rings. The van der Waals surface area contributed by atoms with E-state index in [9.17, 15) is 0 Å². The molecule has 0 spiro atoms. The Morgan fingerprint density at radius 1 is 1.26 bits per heavy atom. The first-order valence-electron chi connectivity index (χ1n) is 7.01. The van der Waals surface area contributed by atoms with E-state index in [0.717, 1.165) is 17.7 Å². The molecule has 0 aliphatic rings. The van der Waals surface area contributed by atoms with E-state index < -0.39 is 0 Å². The molecule has 0 N–H and O–H groups in total. The van der Waals surface area contributed by atoms with E-state index in [4.69, 9.17) is 16.3 Å². The number of hydrogen-bond donors (Lipinski definition) is 0. The van der Waals surface area contributed by atoms with Crippen LogP contribution in [-0.4, -0.2) is 7.11 Å². The second-order valence-electron chi connectivity index (χ2n) is 6.82. The van der Waals surface area contributed by atoms with Gasteiger partial charge in [-0.3, -0.25) is 0 Å². The van der Waals surface area contributed by atoms with Crippen molar-refractivity contribution >= 4 is 11.6 Å². The number of alkyl halides is 1. The van der Waals surface area contributed by atoms with E-state index in [1.807, 2.05) is 6.07 Å². The average Bonchev–Trinajstić information content (AvgIpc) is 2.26. The Labute approximate surface area is 123 Å². The average molecular weight is 283 g/mol. The van der Waals surface area contributed by atoms with E-state index in [0.29, 0.717) is 11.3 Å². The lowest BCUT2D eigenvalue weighted by atomic mass is 9.83. The van der Waals surface area contributed by atoms with Crippen LogP contribution in [0, 0.1) is 18.3 Å². The van der Waals surface area contributed by atoms with Gasteiger partial charge < -0.3 is 4.74 Å². The Kier molecular flexibility index (Phi) is 5.73. The Hall–Kier alpha value is -0.690. The fourth-order valence-corrected chi connectivity index (χ4v) is 3.18. The van der Waals surface area contributed by atoms with Crippen LogP contribution in [0.25, 0.3) is 0 Å². The highest BCUT2D eigenvalue weighted by Gasteiger charge is 2.21. The van der Waals surface area contributed by atoms with E-state index in [-0.39, 0.29) is 5.38 Å². The zero-order valence-electron chi connectivity index (χ0n) is 13.1. The SMILES string of the molecule is COc1ccc(C)cc1C(Cl)CC(C)CC(C)(C)C. The first-order chi connectivity index (χ1) is 8.73. The predicted octanol–water partition coefficient (Wildman–Crippen LogP) is 5.75. The summed E-state index contributed by atoms with van der Waals surface area (Å²) in [7, 11) is 1.70. The third-order valence-corrected chi connectivity index (χ3v) is 3.71. The molecule has 0 aliphatic heterocycles. The highest BCUT2D eigenvalue weighted by molar-refractivity contribution is 6.21. The minimum absolute atomic E-state index is 0.0206. The molecule has 1 nitrogen and oxygen atoms in total. The quantitative estimate of drug-likeness (QED) is 0.625. The second kappa shape index (κ2) is 6.65. The lowest BCUT2D eigenvalue weighted by Crippen LogP contribution is -2.12. The predicted molar refractivity (Wildman–Crippen MR) is 84.2 cm³/mol. The molecule has 108 valence electrons. The molecule has 2 atom stereocenters. The van der Waals surface area contributed by atoms with E-state index >= 15 is 0 Å². The maximum absolute atomic E-state index is 6.61. The summed E-state index contributed by atoms with van der Waals surface area (Å²) in [6.07, 6.45) is 2.17. The Balaban J connectivity index is 2.77. The molecule has 1 aromatic carbocycles. The Morgan fingerprint density at radius 3 is 2.42 bits per heavy atom. The summed E-state index contributed by atoms with van der Waals surface area (Å²) in [4.78, 5) is 0. The van der Waals surface area contributed by atoms with Crippen molar-refractivity contribution in [2.75, 3.05) is 7.11 Å². The first-order valence-corrected chi connectivity index (χ1v) is 7.45. The van der Waals surface area contributed by atoms with Crippen molar-refractivity contribution in [2.24, 2.45) is 11.3 Å². The summed E-state index contributed by atoms with van der Waals surface area (Å²) in [6, 6.07) is 6.21. The van der Waals surface area contributed by atoms with Crippen LogP contribution in [0.4, 0.5) is 0 Å². The summed E-state index contributed by atoms with van der Waals surface area (Å²) in [5, 5.41) is 0.0206. The van der Waals surface area contributed by atoms with Crippen molar-refractivity contribution in [1.82, 2.24) is 0 Å². The molecule has 0 heterocycles. The number of rotatable bonds is 5. The molecule has 2 unspecified atom stereocenters. The smallest absolute Gasteiger partial charge is 0.123 e.